The van der Waals surface area contributed by atoms with Crippen LogP contribution in [0.15, 0.2) is 24.4 Å². The minimum absolute atomic E-state index is 0.192. The smallest absolute Gasteiger partial charge is 0.144 e. The summed E-state index contributed by atoms with van der Waals surface area (Å²) in [5.41, 5.74) is 2.90. The van der Waals surface area contributed by atoms with Crippen LogP contribution in [0.2, 0.25) is 0 Å². The van der Waals surface area contributed by atoms with Gasteiger partial charge in [0.25, 0.3) is 0 Å². The largest absolute Gasteiger partial charge is 0.377 e. The van der Waals surface area contributed by atoms with Gasteiger partial charge in [-0.3, -0.25) is 10.2 Å². The van der Waals surface area contributed by atoms with Gasteiger partial charge in [-0.05, 0) is 31.9 Å². The molecule has 0 spiro atoms. The lowest BCUT2D eigenvalue weighted by molar-refractivity contribution is 0.0985. The Kier molecular flexibility index (Phi) is 5.27. The van der Waals surface area contributed by atoms with Crippen molar-refractivity contribution < 1.29 is 4.74 Å². The Hall–Kier alpha value is -3.64. The summed E-state index contributed by atoms with van der Waals surface area (Å²) in [6.45, 7) is 6.07. The monoisotopic (exact) mass is 390 g/mol. The van der Waals surface area contributed by atoms with E-state index in [1.807, 2.05) is 19.1 Å². The fourth-order valence-corrected chi connectivity index (χ4v) is 3.17. The molecule has 0 unspecified atom stereocenters. The molecule has 3 aromatic rings. The molecule has 0 bridgehead atoms. The third-order valence-corrected chi connectivity index (χ3v) is 4.64. The second kappa shape index (κ2) is 8.16. The molecule has 148 valence electrons. The lowest BCUT2D eigenvalue weighted by Gasteiger charge is -2.34. The van der Waals surface area contributed by atoms with Crippen molar-refractivity contribution in [2.45, 2.75) is 19.9 Å². The van der Waals surface area contributed by atoms with Crippen molar-refractivity contribution >= 4 is 23.7 Å². The van der Waals surface area contributed by atoms with Gasteiger partial charge >= 0.3 is 0 Å². The van der Waals surface area contributed by atoms with E-state index in [1.54, 1.807) is 12.3 Å². The number of hydrogen-bond donors (Lipinski definition) is 4. The van der Waals surface area contributed by atoms with E-state index in [1.165, 1.54) is 6.21 Å². The minimum atomic E-state index is 0.192. The number of H-pyrrole nitrogens is 2. The SMILES string of the molecule is Cc1cc(C#Cc2cc(N3CCOC[C@H]3C)nc(Nc3ccn[nH]3)c2C=N)n[nH]1. The van der Waals surface area contributed by atoms with Gasteiger partial charge in [-0.1, -0.05) is 5.92 Å². The van der Waals surface area contributed by atoms with Gasteiger partial charge in [0.15, 0.2) is 0 Å². The molecule has 9 heteroatoms. The summed E-state index contributed by atoms with van der Waals surface area (Å²) in [5.74, 6) is 8.25. The van der Waals surface area contributed by atoms with Crippen LogP contribution >= 0.6 is 0 Å². The first-order valence-electron chi connectivity index (χ1n) is 9.34. The predicted molar refractivity (Wildman–Crippen MR) is 111 cm³/mol. The molecule has 1 fully saturated rings. The van der Waals surface area contributed by atoms with E-state index in [4.69, 9.17) is 15.1 Å². The number of pyridine rings is 1. The highest BCUT2D eigenvalue weighted by Gasteiger charge is 2.22. The molecule has 9 nitrogen and oxygen atoms in total. The number of nitrogens with one attached hydrogen (secondary N) is 4. The van der Waals surface area contributed by atoms with E-state index >= 15 is 0 Å². The maximum absolute atomic E-state index is 7.94. The van der Waals surface area contributed by atoms with Gasteiger partial charge in [0.2, 0.25) is 0 Å². The van der Waals surface area contributed by atoms with Crippen molar-refractivity contribution in [3.05, 3.63) is 46.9 Å². The number of aromatic nitrogens is 5. The van der Waals surface area contributed by atoms with Crippen LogP contribution in [0.1, 0.15) is 29.4 Å². The molecule has 1 aliphatic heterocycles. The van der Waals surface area contributed by atoms with Crippen molar-refractivity contribution in [1.82, 2.24) is 25.4 Å². The van der Waals surface area contributed by atoms with Crippen molar-refractivity contribution in [3.8, 4) is 11.8 Å². The number of ether oxygens (including phenoxy) is 1. The van der Waals surface area contributed by atoms with E-state index in [-0.39, 0.29) is 6.04 Å². The van der Waals surface area contributed by atoms with Crippen LogP contribution in [0.5, 0.6) is 0 Å². The van der Waals surface area contributed by atoms with Crippen LogP contribution in [0, 0.1) is 24.2 Å². The average molecular weight is 390 g/mol. The fraction of sp³-hybridized carbons (Fsp3) is 0.300. The zero-order valence-electron chi connectivity index (χ0n) is 16.3. The fourth-order valence-electron chi connectivity index (χ4n) is 3.17. The number of nitrogens with zero attached hydrogens (tertiary/aromatic N) is 4. The second-order valence-corrected chi connectivity index (χ2v) is 6.83. The van der Waals surface area contributed by atoms with E-state index in [0.29, 0.717) is 41.7 Å². The number of hydrogen-bond acceptors (Lipinski definition) is 7. The average Bonchev–Trinajstić information content (AvgIpc) is 3.38. The third-order valence-electron chi connectivity index (χ3n) is 4.64. The molecular formula is C20H22N8O. The van der Waals surface area contributed by atoms with Crippen LogP contribution in [-0.2, 0) is 4.74 Å². The molecular weight excluding hydrogens is 368 g/mol. The normalized spacial score (nSPS) is 16.2. The molecule has 4 rings (SSSR count). The maximum Gasteiger partial charge on any atom is 0.144 e. The summed E-state index contributed by atoms with van der Waals surface area (Å²) in [5, 5.41) is 25.0. The van der Waals surface area contributed by atoms with Gasteiger partial charge in [-0.2, -0.15) is 10.2 Å². The maximum atomic E-state index is 7.94. The molecule has 1 atom stereocenters. The van der Waals surface area contributed by atoms with Crippen LogP contribution in [0.25, 0.3) is 0 Å². The summed E-state index contributed by atoms with van der Waals surface area (Å²) in [6, 6.07) is 5.80. The lowest BCUT2D eigenvalue weighted by atomic mass is 10.1. The standard InChI is InChI=1S/C20H22N8O/c1-13-9-16(26-25-13)4-3-15-10-19(28-7-8-29-12-14(28)2)24-20(17(15)11-21)23-18-5-6-22-27-18/h5-6,9-11,14,21H,7-8,12H2,1-2H3,(H,25,26)(H2,22,23,24,27)/t14-/m1/s1. The molecule has 0 aromatic carbocycles. The molecule has 4 N–H and O–H groups in total. The molecule has 1 aliphatic rings. The first-order chi connectivity index (χ1) is 14.1. The van der Waals surface area contributed by atoms with Gasteiger partial charge in [-0.15, -0.1) is 0 Å². The summed E-state index contributed by atoms with van der Waals surface area (Å²) in [6.07, 6.45) is 2.92. The van der Waals surface area contributed by atoms with Crippen LogP contribution < -0.4 is 10.2 Å². The van der Waals surface area contributed by atoms with Crippen LogP contribution in [0.4, 0.5) is 17.5 Å². The summed E-state index contributed by atoms with van der Waals surface area (Å²) >= 11 is 0. The Bertz CT molecular complexity index is 1060. The zero-order chi connectivity index (χ0) is 20.2. The van der Waals surface area contributed by atoms with Crippen molar-refractivity contribution in [2.24, 2.45) is 0 Å². The summed E-state index contributed by atoms with van der Waals surface area (Å²) in [7, 11) is 0. The number of rotatable bonds is 4. The van der Waals surface area contributed by atoms with Gasteiger partial charge in [0.1, 0.15) is 23.1 Å². The Balaban J connectivity index is 1.79. The Labute approximate surface area is 168 Å². The predicted octanol–water partition coefficient (Wildman–Crippen LogP) is 2.20. The highest BCUT2D eigenvalue weighted by Crippen LogP contribution is 2.26. The zero-order valence-corrected chi connectivity index (χ0v) is 16.3. The quantitative estimate of drug-likeness (QED) is 0.401. The summed E-state index contributed by atoms with van der Waals surface area (Å²) < 4.78 is 5.56. The van der Waals surface area contributed by atoms with Crippen LogP contribution in [0.3, 0.4) is 0 Å². The topological polar surface area (TPSA) is 119 Å². The first kappa shape index (κ1) is 18.7. The van der Waals surface area contributed by atoms with E-state index < -0.39 is 0 Å². The van der Waals surface area contributed by atoms with Crippen molar-refractivity contribution in [2.75, 3.05) is 30.0 Å². The van der Waals surface area contributed by atoms with Gasteiger partial charge < -0.3 is 20.4 Å². The Morgan fingerprint density at radius 1 is 1.34 bits per heavy atom. The molecule has 0 radical (unpaired) electrons. The number of anilines is 3. The van der Waals surface area contributed by atoms with E-state index in [9.17, 15) is 0 Å². The first-order valence-corrected chi connectivity index (χ1v) is 9.34. The molecule has 1 saturated heterocycles. The van der Waals surface area contributed by atoms with E-state index in [0.717, 1.165) is 18.1 Å². The number of morpholine rings is 1. The highest BCUT2D eigenvalue weighted by molar-refractivity contribution is 5.90. The van der Waals surface area contributed by atoms with Crippen molar-refractivity contribution in [3.63, 3.8) is 0 Å². The van der Waals surface area contributed by atoms with E-state index in [2.05, 4.69) is 49.4 Å². The van der Waals surface area contributed by atoms with Crippen molar-refractivity contribution in [1.29, 1.82) is 5.41 Å². The molecule has 0 saturated carbocycles. The third kappa shape index (κ3) is 4.12. The van der Waals surface area contributed by atoms with Gasteiger partial charge in [-0.25, -0.2) is 4.98 Å². The van der Waals surface area contributed by atoms with Crippen LogP contribution in [-0.4, -0.2) is 57.4 Å². The molecule has 3 aromatic heterocycles. The highest BCUT2D eigenvalue weighted by atomic mass is 16.5. The van der Waals surface area contributed by atoms with Gasteiger partial charge in [0.05, 0.1) is 31.0 Å². The lowest BCUT2D eigenvalue weighted by Crippen LogP contribution is -2.44. The molecule has 4 heterocycles. The van der Waals surface area contributed by atoms with Gasteiger partial charge in [0, 0.05) is 30.1 Å². The molecule has 0 amide bonds. The Morgan fingerprint density at radius 2 is 2.24 bits per heavy atom. The molecule has 0 aliphatic carbocycles. The molecule has 29 heavy (non-hydrogen) atoms. The summed E-state index contributed by atoms with van der Waals surface area (Å²) in [4.78, 5) is 6.98. The minimum Gasteiger partial charge on any atom is -0.377 e. The number of aromatic amines is 2. The Morgan fingerprint density at radius 3 is 2.93 bits per heavy atom. The second-order valence-electron chi connectivity index (χ2n) is 6.83. The number of aryl methyl sites for hydroxylation is 1.